The van der Waals surface area contributed by atoms with Gasteiger partial charge in [-0.1, -0.05) is 13.8 Å². The summed E-state index contributed by atoms with van der Waals surface area (Å²) in [4.78, 5) is 42.4. The molecular weight excluding hydrogens is 513 g/mol. The lowest BCUT2D eigenvalue weighted by Crippen LogP contribution is -2.50. The van der Waals surface area contributed by atoms with E-state index in [1.54, 1.807) is 0 Å². The summed E-state index contributed by atoms with van der Waals surface area (Å²) >= 11 is 0. The van der Waals surface area contributed by atoms with Gasteiger partial charge in [0.05, 0.1) is 18.2 Å². The third kappa shape index (κ3) is 8.08. The van der Waals surface area contributed by atoms with E-state index in [-0.39, 0.29) is 36.7 Å². The maximum Gasteiger partial charge on any atom is 0.416 e. The Hall–Kier alpha value is -3.33. The minimum atomic E-state index is -4.45. The van der Waals surface area contributed by atoms with Crippen LogP contribution in [0.5, 0.6) is 0 Å². The second kappa shape index (κ2) is 13.6. The van der Waals surface area contributed by atoms with Gasteiger partial charge in [0.1, 0.15) is 12.1 Å². The van der Waals surface area contributed by atoms with Crippen molar-refractivity contribution in [2.75, 3.05) is 38.0 Å². The van der Waals surface area contributed by atoms with E-state index in [0.717, 1.165) is 38.1 Å². The number of hydrogen-bond donors (Lipinski definition) is 3. The Morgan fingerprint density at radius 2 is 1.87 bits per heavy atom. The molecule has 2 saturated heterocycles. The summed E-state index contributed by atoms with van der Waals surface area (Å²) in [6.45, 7) is 6.43. The number of hydrogen-bond acceptors (Lipinski definition) is 6. The molecular formula is C27H37F3N6O3. The number of alkyl halides is 3. The Bertz CT molecular complexity index is 1040. The molecule has 3 amide bonds. The van der Waals surface area contributed by atoms with Crippen LogP contribution < -0.4 is 16.0 Å². The van der Waals surface area contributed by atoms with Crippen molar-refractivity contribution in [3.05, 3.63) is 29.8 Å². The molecule has 39 heavy (non-hydrogen) atoms. The van der Waals surface area contributed by atoms with Crippen molar-refractivity contribution < 1.29 is 27.6 Å². The van der Waals surface area contributed by atoms with E-state index in [1.807, 2.05) is 0 Å². The highest BCUT2D eigenvalue weighted by molar-refractivity contribution is 5.90. The first-order valence-electron chi connectivity index (χ1n) is 13.5. The molecule has 2 fully saturated rings. The number of carbonyl (C=O) groups excluding carboxylic acids is 3. The molecule has 12 heteroatoms. The van der Waals surface area contributed by atoms with E-state index in [2.05, 4.69) is 40.8 Å². The number of halogens is 3. The predicted molar refractivity (Wildman–Crippen MR) is 139 cm³/mol. The molecule has 2 heterocycles. The number of anilines is 1. The van der Waals surface area contributed by atoms with Crippen LogP contribution in [0.1, 0.15) is 51.5 Å². The van der Waals surface area contributed by atoms with Crippen LogP contribution in [0.4, 0.5) is 18.9 Å². The first kappa shape index (κ1) is 30.2. The van der Waals surface area contributed by atoms with E-state index >= 15 is 0 Å². The van der Waals surface area contributed by atoms with Gasteiger partial charge in [-0.15, -0.1) is 0 Å². The summed E-state index contributed by atoms with van der Waals surface area (Å²) in [5.41, 5.74) is -0.432. The lowest BCUT2D eigenvalue weighted by atomic mass is 9.98. The molecule has 0 aliphatic carbocycles. The largest absolute Gasteiger partial charge is 0.416 e. The Morgan fingerprint density at radius 1 is 1.21 bits per heavy atom. The molecule has 0 spiro atoms. The van der Waals surface area contributed by atoms with Gasteiger partial charge in [0.15, 0.2) is 0 Å². The van der Waals surface area contributed by atoms with Gasteiger partial charge in [0.2, 0.25) is 17.7 Å². The first-order chi connectivity index (χ1) is 18.6. The van der Waals surface area contributed by atoms with Crippen molar-refractivity contribution in [3.63, 3.8) is 0 Å². The zero-order valence-corrected chi connectivity index (χ0v) is 22.4. The lowest BCUT2D eigenvalue weighted by Gasteiger charge is -2.28. The fourth-order valence-electron chi connectivity index (χ4n) is 5.28. The quantitative estimate of drug-likeness (QED) is 0.369. The van der Waals surface area contributed by atoms with Crippen LogP contribution in [-0.2, 0) is 20.6 Å². The van der Waals surface area contributed by atoms with Crippen LogP contribution >= 0.6 is 0 Å². The van der Waals surface area contributed by atoms with Crippen LogP contribution in [0.2, 0.25) is 0 Å². The number of rotatable bonds is 12. The molecule has 1 aromatic rings. The average molecular weight is 551 g/mol. The van der Waals surface area contributed by atoms with E-state index in [1.165, 1.54) is 17.0 Å². The molecule has 3 N–H and O–H groups in total. The molecule has 0 saturated carbocycles. The van der Waals surface area contributed by atoms with Crippen molar-refractivity contribution in [2.45, 2.75) is 70.3 Å². The highest BCUT2D eigenvalue weighted by Gasteiger charge is 2.42. The summed E-state index contributed by atoms with van der Waals surface area (Å²) < 4.78 is 38.6. The number of benzene rings is 1. The second-order valence-corrected chi connectivity index (χ2v) is 10.1. The number of carbonyl (C=O) groups is 3. The smallest absolute Gasteiger partial charge is 0.376 e. The average Bonchev–Trinajstić information content (AvgIpc) is 3.53. The summed E-state index contributed by atoms with van der Waals surface area (Å²) in [6, 6.07) is 4.75. The number of likely N-dealkylation sites (tertiary alicyclic amines) is 1. The van der Waals surface area contributed by atoms with Gasteiger partial charge in [-0.25, -0.2) is 0 Å². The van der Waals surface area contributed by atoms with Crippen LogP contribution in [0.15, 0.2) is 24.3 Å². The minimum absolute atomic E-state index is 0.0446. The fraction of sp³-hybridized carbons (Fsp3) is 0.630. The van der Waals surface area contributed by atoms with E-state index in [0.29, 0.717) is 31.6 Å². The van der Waals surface area contributed by atoms with Gasteiger partial charge >= 0.3 is 6.18 Å². The third-order valence-corrected chi connectivity index (χ3v) is 7.25. The molecule has 2 aliphatic heterocycles. The van der Waals surface area contributed by atoms with Crippen molar-refractivity contribution in [1.82, 2.24) is 20.4 Å². The minimum Gasteiger partial charge on any atom is -0.376 e. The summed E-state index contributed by atoms with van der Waals surface area (Å²) in [5.74, 6) is -1.29. The van der Waals surface area contributed by atoms with Gasteiger partial charge in [-0.2, -0.15) is 18.4 Å². The fourth-order valence-corrected chi connectivity index (χ4v) is 5.28. The number of nitriles is 1. The van der Waals surface area contributed by atoms with Crippen LogP contribution in [0, 0.1) is 17.2 Å². The zero-order chi connectivity index (χ0) is 28.6. The Kier molecular flexibility index (Phi) is 10.6. The molecule has 4 atom stereocenters. The van der Waals surface area contributed by atoms with Crippen LogP contribution in [0.3, 0.4) is 0 Å². The topological polar surface area (TPSA) is 118 Å². The lowest BCUT2D eigenvalue weighted by molar-refractivity contribution is -0.137. The number of amides is 3. The zero-order valence-electron chi connectivity index (χ0n) is 22.4. The number of nitrogens with one attached hydrogen (secondary N) is 3. The Labute approximate surface area is 227 Å². The van der Waals surface area contributed by atoms with Gasteiger partial charge in [-0.05, 0) is 69.5 Å². The van der Waals surface area contributed by atoms with Crippen molar-refractivity contribution in [2.24, 2.45) is 5.92 Å². The summed E-state index contributed by atoms with van der Waals surface area (Å²) in [5, 5.41) is 18.0. The second-order valence-electron chi connectivity index (χ2n) is 10.1. The van der Waals surface area contributed by atoms with Gasteiger partial charge in [0, 0.05) is 30.7 Å². The molecule has 1 aromatic carbocycles. The van der Waals surface area contributed by atoms with Crippen molar-refractivity contribution >= 4 is 23.4 Å². The third-order valence-electron chi connectivity index (χ3n) is 7.25. The Morgan fingerprint density at radius 3 is 2.41 bits per heavy atom. The number of nitrogens with zero attached hydrogens (tertiary/aromatic N) is 3. The molecule has 214 valence electrons. The van der Waals surface area contributed by atoms with E-state index in [9.17, 15) is 32.8 Å². The Balaban J connectivity index is 1.71. The molecule has 2 aliphatic rings. The van der Waals surface area contributed by atoms with Gasteiger partial charge in [0.25, 0.3) is 0 Å². The van der Waals surface area contributed by atoms with Gasteiger partial charge in [-0.3, -0.25) is 19.3 Å². The predicted octanol–water partition coefficient (Wildman–Crippen LogP) is 2.74. The highest BCUT2D eigenvalue weighted by atomic mass is 19.4. The molecule has 3 rings (SSSR count). The molecule has 0 aromatic heterocycles. The normalized spacial score (nSPS) is 21.9. The first-order valence-corrected chi connectivity index (χ1v) is 13.5. The highest BCUT2D eigenvalue weighted by Crippen LogP contribution is 2.30. The maximum absolute atomic E-state index is 13.4. The summed E-state index contributed by atoms with van der Waals surface area (Å²) in [7, 11) is 0. The maximum atomic E-state index is 13.4. The summed E-state index contributed by atoms with van der Waals surface area (Å²) in [6.07, 6.45) is -1.42. The molecule has 0 bridgehead atoms. The standard InChI is InChI=1S/C27H37F3N6O3/c1-3-11-35(12-4-2)22-14-23(26(39)34-21(15-31)13-18-9-10-32-25(18)38)36(17-22)24(37)16-33-20-7-5-19(6-8-20)27(28,29)30/h5-8,18,21-23,33H,3-4,9-14,16-17H2,1-2H3,(H,32,38)(H,34,39)/t18-,21-,22+,23?/m0/s1. The molecule has 1 unspecified atom stereocenters. The van der Waals surface area contributed by atoms with Gasteiger partial charge < -0.3 is 20.9 Å². The SMILES string of the molecule is CCCN(CCC)[C@@H]1CC(C(=O)N[C@H](C#N)C[C@@H]2CCNC2=O)N(C(=O)CNc2ccc(C(F)(F)F)cc2)C1. The molecule has 9 nitrogen and oxygen atoms in total. The van der Waals surface area contributed by atoms with Crippen molar-refractivity contribution in [3.8, 4) is 6.07 Å². The van der Waals surface area contributed by atoms with E-state index < -0.39 is 29.7 Å². The van der Waals surface area contributed by atoms with Crippen LogP contribution in [0.25, 0.3) is 0 Å². The van der Waals surface area contributed by atoms with E-state index in [4.69, 9.17) is 0 Å². The monoisotopic (exact) mass is 550 g/mol. The van der Waals surface area contributed by atoms with Crippen molar-refractivity contribution in [1.29, 1.82) is 5.26 Å². The van der Waals surface area contributed by atoms with Crippen LogP contribution in [-0.4, -0.2) is 78.4 Å². The molecule has 0 radical (unpaired) electrons.